The molecule has 0 N–H and O–H groups in total. The van der Waals surface area contributed by atoms with Gasteiger partial charge in [-0.15, -0.1) is 0 Å². The molecule has 0 fully saturated rings. The van der Waals surface area contributed by atoms with Crippen molar-refractivity contribution in [1.29, 1.82) is 0 Å². The molecule has 0 aromatic heterocycles. The Morgan fingerprint density at radius 2 is 0.724 bits per heavy atom. The van der Waals surface area contributed by atoms with Crippen LogP contribution < -0.4 is 0 Å². The van der Waals surface area contributed by atoms with Crippen molar-refractivity contribution < 1.29 is 0 Å². The average molecular weight is 410 g/mol. The standard InChI is InChI=1S/C28H59N/c1-8-11-14-16-18-20-22-24-27(4,5)29(26-13-10-3)28(6,7)25-23-21-19-17-15-12-9-2/h8-26H2,1-7H3. The third-order valence-electron chi connectivity index (χ3n) is 6.98. The highest BCUT2D eigenvalue weighted by molar-refractivity contribution is 4.92. The fourth-order valence-corrected chi connectivity index (χ4v) is 5.04. The van der Waals surface area contributed by atoms with Crippen molar-refractivity contribution in [2.24, 2.45) is 0 Å². The lowest BCUT2D eigenvalue weighted by molar-refractivity contribution is 0.00191. The van der Waals surface area contributed by atoms with E-state index in [-0.39, 0.29) is 0 Å². The summed E-state index contributed by atoms with van der Waals surface area (Å²) in [5, 5.41) is 0. The maximum absolute atomic E-state index is 2.89. The van der Waals surface area contributed by atoms with E-state index in [1.54, 1.807) is 0 Å². The fraction of sp³-hybridized carbons (Fsp3) is 1.00. The molecule has 1 nitrogen and oxygen atoms in total. The third kappa shape index (κ3) is 14.6. The Kier molecular flexibility index (Phi) is 17.6. The second-order valence-corrected chi connectivity index (χ2v) is 10.9. The smallest absolute Gasteiger partial charge is 0.0158 e. The Labute approximate surface area is 186 Å². The summed E-state index contributed by atoms with van der Waals surface area (Å²) in [7, 11) is 0. The zero-order valence-electron chi connectivity index (χ0n) is 21.9. The van der Waals surface area contributed by atoms with Gasteiger partial charge in [-0.2, -0.15) is 0 Å². The summed E-state index contributed by atoms with van der Waals surface area (Å²) < 4.78 is 0. The van der Waals surface area contributed by atoms with Crippen molar-refractivity contribution in [1.82, 2.24) is 4.90 Å². The third-order valence-corrected chi connectivity index (χ3v) is 6.98. The molecule has 0 aliphatic carbocycles. The van der Waals surface area contributed by atoms with Gasteiger partial charge in [-0.25, -0.2) is 0 Å². The monoisotopic (exact) mass is 409 g/mol. The van der Waals surface area contributed by atoms with Gasteiger partial charge >= 0.3 is 0 Å². The zero-order chi connectivity index (χ0) is 22.0. The first-order valence-electron chi connectivity index (χ1n) is 13.6. The van der Waals surface area contributed by atoms with Crippen LogP contribution in [0, 0.1) is 0 Å². The van der Waals surface area contributed by atoms with Gasteiger partial charge in [0.05, 0.1) is 0 Å². The summed E-state index contributed by atoms with van der Waals surface area (Å²) >= 11 is 0. The Morgan fingerprint density at radius 3 is 1.07 bits per heavy atom. The molecule has 0 aliphatic heterocycles. The molecule has 0 heterocycles. The second kappa shape index (κ2) is 17.6. The lowest BCUT2D eigenvalue weighted by Crippen LogP contribution is -2.55. The Hall–Kier alpha value is -0.0400. The molecular formula is C28H59N. The van der Waals surface area contributed by atoms with E-state index in [4.69, 9.17) is 0 Å². The van der Waals surface area contributed by atoms with Crippen LogP contribution in [-0.2, 0) is 0 Å². The van der Waals surface area contributed by atoms with Crippen molar-refractivity contribution in [3.63, 3.8) is 0 Å². The maximum Gasteiger partial charge on any atom is 0.0158 e. The molecule has 0 spiro atoms. The molecule has 0 radical (unpaired) electrons. The largest absolute Gasteiger partial charge is 0.293 e. The van der Waals surface area contributed by atoms with Crippen molar-refractivity contribution >= 4 is 0 Å². The Balaban J connectivity index is 4.47. The van der Waals surface area contributed by atoms with E-state index >= 15 is 0 Å². The van der Waals surface area contributed by atoms with Crippen LogP contribution in [0.3, 0.4) is 0 Å². The molecule has 0 saturated carbocycles. The molecule has 176 valence electrons. The lowest BCUT2D eigenvalue weighted by atomic mass is 9.85. The SMILES string of the molecule is CCCCCCCCCC(C)(C)N(CCCC)C(C)(C)CCCCCCCCC. The minimum atomic E-state index is 0.323. The zero-order valence-corrected chi connectivity index (χ0v) is 21.9. The molecule has 0 amide bonds. The van der Waals surface area contributed by atoms with Gasteiger partial charge in [0, 0.05) is 11.1 Å². The first-order valence-corrected chi connectivity index (χ1v) is 13.6. The van der Waals surface area contributed by atoms with Crippen molar-refractivity contribution in [3.8, 4) is 0 Å². The molecule has 0 rings (SSSR count). The molecule has 0 atom stereocenters. The molecule has 29 heavy (non-hydrogen) atoms. The second-order valence-electron chi connectivity index (χ2n) is 10.9. The predicted octanol–water partition coefficient (Wildman–Crippen LogP) is 9.93. The van der Waals surface area contributed by atoms with Crippen LogP contribution in [0.2, 0.25) is 0 Å². The Bertz CT molecular complexity index is 314. The molecule has 0 aromatic rings. The summed E-state index contributed by atoms with van der Waals surface area (Å²) in [6, 6.07) is 0. The quantitative estimate of drug-likeness (QED) is 0.170. The van der Waals surface area contributed by atoms with Crippen molar-refractivity contribution in [2.45, 2.75) is 175 Å². The van der Waals surface area contributed by atoms with E-state index in [9.17, 15) is 0 Å². The molecular weight excluding hydrogens is 350 g/mol. The Morgan fingerprint density at radius 1 is 0.414 bits per heavy atom. The van der Waals surface area contributed by atoms with Crippen LogP contribution in [0.5, 0.6) is 0 Å². The van der Waals surface area contributed by atoms with E-state index in [0.717, 1.165) is 0 Å². The number of hydrogen-bond donors (Lipinski definition) is 0. The van der Waals surface area contributed by atoms with Gasteiger partial charge < -0.3 is 0 Å². The number of unbranched alkanes of at least 4 members (excludes halogenated alkanes) is 13. The number of rotatable bonds is 21. The van der Waals surface area contributed by atoms with Gasteiger partial charge in [0.2, 0.25) is 0 Å². The van der Waals surface area contributed by atoms with E-state index in [1.807, 2.05) is 0 Å². The highest BCUT2D eigenvalue weighted by Gasteiger charge is 2.36. The molecule has 0 saturated heterocycles. The van der Waals surface area contributed by atoms with Crippen LogP contribution >= 0.6 is 0 Å². The first-order chi connectivity index (χ1) is 13.8. The van der Waals surface area contributed by atoms with Crippen LogP contribution in [0.25, 0.3) is 0 Å². The average Bonchev–Trinajstić information content (AvgIpc) is 2.66. The number of hydrogen-bond acceptors (Lipinski definition) is 1. The molecule has 1 heteroatoms. The predicted molar refractivity (Wildman–Crippen MR) is 135 cm³/mol. The van der Waals surface area contributed by atoms with Gasteiger partial charge in [0.15, 0.2) is 0 Å². The highest BCUT2D eigenvalue weighted by atomic mass is 15.2. The summed E-state index contributed by atoms with van der Waals surface area (Å²) in [4.78, 5) is 2.89. The van der Waals surface area contributed by atoms with Crippen molar-refractivity contribution in [3.05, 3.63) is 0 Å². The van der Waals surface area contributed by atoms with Crippen molar-refractivity contribution in [2.75, 3.05) is 6.54 Å². The molecule has 0 aliphatic rings. The van der Waals surface area contributed by atoms with Gasteiger partial charge in [-0.3, -0.25) is 4.90 Å². The van der Waals surface area contributed by atoms with Crippen LogP contribution in [-0.4, -0.2) is 22.5 Å². The van der Waals surface area contributed by atoms with Crippen LogP contribution in [0.15, 0.2) is 0 Å². The van der Waals surface area contributed by atoms with E-state index < -0.39 is 0 Å². The number of nitrogens with zero attached hydrogens (tertiary/aromatic N) is 1. The van der Waals surface area contributed by atoms with E-state index in [1.165, 1.54) is 122 Å². The topological polar surface area (TPSA) is 3.24 Å². The minimum absolute atomic E-state index is 0.323. The normalized spacial score (nSPS) is 12.8. The van der Waals surface area contributed by atoms with Gasteiger partial charge in [-0.05, 0) is 53.5 Å². The van der Waals surface area contributed by atoms with E-state index in [2.05, 4.69) is 53.4 Å². The van der Waals surface area contributed by atoms with Gasteiger partial charge in [0.1, 0.15) is 0 Å². The highest BCUT2D eigenvalue weighted by Crippen LogP contribution is 2.33. The lowest BCUT2D eigenvalue weighted by Gasteiger charge is -2.49. The van der Waals surface area contributed by atoms with E-state index in [0.29, 0.717) is 11.1 Å². The van der Waals surface area contributed by atoms with Crippen LogP contribution in [0.4, 0.5) is 0 Å². The molecule has 0 unspecified atom stereocenters. The summed E-state index contributed by atoms with van der Waals surface area (Å²) in [6.45, 7) is 18.3. The summed E-state index contributed by atoms with van der Waals surface area (Å²) in [5.41, 5.74) is 0.645. The fourth-order valence-electron chi connectivity index (χ4n) is 5.04. The molecule has 0 aromatic carbocycles. The minimum Gasteiger partial charge on any atom is -0.293 e. The summed E-state index contributed by atoms with van der Waals surface area (Å²) in [6.07, 6.45) is 25.2. The summed E-state index contributed by atoms with van der Waals surface area (Å²) in [5.74, 6) is 0. The molecule has 0 bridgehead atoms. The van der Waals surface area contributed by atoms with Gasteiger partial charge in [-0.1, -0.05) is 117 Å². The maximum atomic E-state index is 2.89. The first kappa shape index (κ1) is 29.0. The van der Waals surface area contributed by atoms with Crippen LogP contribution in [0.1, 0.15) is 164 Å². The van der Waals surface area contributed by atoms with Gasteiger partial charge in [0.25, 0.3) is 0 Å².